The van der Waals surface area contributed by atoms with E-state index < -0.39 is 0 Å². The van der Waals surface area contributed by atoms with Gasteiger partial charge in [0.2, 0.25) is 0 Å². The molecule has 1 aliphatic carbocycles. The highest BCUT2D eigenvalue weighted by atomic mass is 15.0. The molecular formula is C12H18N2. The van der Waals surface area contributed by atoms with Gasteiger partial charge in [-0.05, 0) is 38.3 Å². The van der Waals surface area contributed by atoms with Crippen LogP contribution in [0.25, 0.3) is 0 Å². The number of nitrogens with one attached hydrogen (secondary N) is 1. The minimum absolute atomic E-state index is 0.330. The lowest BCUT2D eigenvalue weighted by molar-refractivity contribution is 0.638. The second-order valence-electron chi connectivity index (χ2n) is 4.21. The molecule has 3 N–H and O–H groups in total. The first-order valence-corrected chi connectivity index (χ1v) is 5.34. The van der Waals surface area contributed by atoms with E-state index in [4.69, 9.17) is 5.73 Å². The van der Waals surface area contributed by atoms with Crippen LogP contribution in [0, 0.1) is 6.92 Å². The maximum Gasteiger partial charge on any atom is 0.0412 e. The Labute approximate surface area is 85.5 Å². The molecule has 1 aromatic carbocycles. The normalized spacial score (nSPS) is 26.4. The van der Waals surface area contributed by atoms with Gasteiger partial charge in [-0.1, -0.05) is 17.7 Å². The van der Waals surface area contributed by atoms with Crippen LogP contribution in [0.2, 0.25) is 0 Å². The fraction of sp³-hybridized carbons (Fsp3) is 0.500. The first-order valence-electron chi connectivity index (χ1n) is 5.34. The van der Waals surface area contributed by atoms with Crippen molar-refractivity contribution >= 4 is 5.69 Å². The van der Waals surface area contributed by atoms with Crippen LogP contribution >= 0.6 is 0 Å². The monoisotopic (exact) mass is 190 g/mol. The first-order chi connectivity index (χ1) is 6.75. The van der Waals surface area contributed by atoms with Crippen molar-refractivity contribution in [2.45, 2.75) is 38.3 Å². The van der Waals surface area contributed by atoms with Gasteiger partial charge in [0.05, 0.1) is 0 Å². The number of aryl methyl sites for hydroxylation is 1. The number of anilines is 1. The zero-order valence-electron chi connectivity index (χ0n) is 8.66. The van der Waals surface area contributed by atoms with Gasteiger partial charge < -0.3 is 11.1 Å². The fourth-order valence-corrected chi connectivity index (χ4v) is 2.03. The van der Waals surface area contributed by atoms with Crippen molar-refractivity contribution in [1.29, 1.82) is 0 Å². The second-order valence-corrected chi connectivity index (χ2v) is 4.21. The van der Waals surface area contributed by atoms with E-state index in [0.717, 1.165) is 6.42 Å². The van der Waals surface area contributed by atoms with E-state index in [9.17, 15) is 0 Å². The minimum atomic E-state index is 0.330. The number of hydrogen-bond acceptors (Lipinski definition) is 2. The average molecular weight is 190 g/mol. The van der Waals surface area contributed by atoms with Gasteiger partial charge in [0.25, 0.3) is 0 Å². The molecule has 1 fully saturated rings. The molecule has 14 heavy (non-hydrogen) atoms. The lowest BCUT2D eigenvalue weighted by Gasteiger charge is -2.18. The molecule has 1 aromatic rings. The number of nitrogens with two attached hydrogens (primary N) is 1. The molecule has 0 aromatic heterocycles. The second kappa shape index (κ2) is 4.01. The van der Waals surface area contributed by atoms with Gasteiger partial charge in [-0.15, -0.1) is 0 Å². The van der Waals surface area contributed by atoms with Gasteiger partial charge in [0.1, 0.15) is 0 Å². The highest BCUT2D eigenvalue weighted by molar-refractivity contribution is 5.45. The summed E-state index contributed by atoms with van der Waals surface area (Å²) < 4.78 is 0. The van der Waals surface area contributed by atoms with Crippen molar-refractivity contribution in [2.75, 3.05) is 5.32 Å². The smallest absolute Gasteiger partial charge is 0.0412 e. The molecule has 0 unspecified atom stereocenters. The Kier molecular flexibility index (Phi) is 2.73. The molecule has 2 atom stereocenters. The molecule has 1 saturated carbocycles. The molecule has 2 rings (SSSR count). The van der Waals surface area contributed by atoms with E-state index in [1.165, 1.54) is 24.1 Å². The Morgan fingerprint density at radius 3 is 2.50 bits per heavy atom. The summed E-state index contributed by atoms with van der Waals surface area (Å²) in [5.41, 5.74) is 8.48. The van der Waals surface area contributed by atoms with E-state index in [1.54, 1.807) is 0 Å². The lowest BCUT2D eigenvalue weighted by atomic mass is 10.1. The molecule has 1 aliphatic rings. The van der Waals surface area contributed by atoms with Gasteiger partial charge in [-0.2, -0.15) is 0 Å². The molecule has 0 saturated heterocycles. The van der Waals surface area contributed by atoms with Crippen LogP contribution in [0.15, 0.2) is 24.3 Å². The third-order valence-electron chi connectivity index (χ3n) is 2.97. The molecule has 2 nitrogen and oxygen atoms in total. The largest absolute Gasteiger partial charge is 0.381 e. The molecule has 0 spiro atoms. The average Bonchev–Trinajstić information content (AvgIpc) is 2.56. The molecule has 76 valence electrons. The van der Waals surface area contributed by atoms with Crippen LogP contribution < -0.4 is 11.1 Å². The first kappa shape index (κ1) is 9.53. The van der Waals surface area contributed by atoms with Crippen LogP contribution in [0.4, 0.5) is 5.69 Å². The molecule has 0 radical (unpaired) electrons. The Morgan fingerprint density at radius 2 is 1.93 bits per heavy atom. The summed E-state index contributed by atoms with van der Waals surface area (Å²) in [6.07, 6.45) is 3.61. The SMILES string of the molecule is Cc1ccc(N[C@H]2CCC[C@H]2N)cc1. The van der Waals surface area contributed by atoms with Crippen molar-refractivity contribution < 1.29 is 0 Å². The van der Waals surface area contributed by atoms with Gasteiger partial charge in [-0.25, -0.2) is 0 Å². The topological polar surface area (TPSA) is 38.0 Å². The van der Waals surface area contributed by atoms with Crippen molar-refractivity contribution in [2.24, 2.45) is 5.73 Å². The van der Waals surface area contributed by atoms with Crippen LogP contribution in [0.1, 0.15) is 24.8 Å². The molecule has 0 bridgehead atoms. The molecule has 0 aliphatic heterocycles. The van der Waals surface area contributed by atoms with Crippen LogP contribution in [-0.4, -0.2) is 12.1 Å². The van der Waals surface area contributed by atoms with Gasteiger partial charge in [0.15, 0.2) is 0 Å². The number of benzene rings is 1. The quantitative estimate of drug-likeness (QED) is 0.751. The van der Waals surface area contributed by atoms with Crippen molar-refractivity contribution in [3.63, 3.8) is 0 Å². The van der Waals surface area contributed by atoms with E-state index in [0.29, 0.717) is 12.1 Å². The Hall–Kier alpha value is -1.02. The lowest BCUT2D eigenvalue weighted by Crippen LogP contribution is -2.35. The zero-order valence-corrected chi connectivity index (χ0v) is 8.66. The van der Waals surface area contributed by atoms with Crippen molar-refractivity contribution in [1.82, 2.24) is 0 Å². The minimum Gasteiger partial charge on any atom is -0.381 e. The van der Waals surface area contributed by atoms with Crippen LogP contribution in [0.5, 0.6) is 0 Å². The summed E-state index contributed by atoms with van der Waals surface area (Å²) in [5.74, 6) is 0. The highest BCUT2D eigenvalue weighted by Crippen LogP contribution is 2.21. The van der Waals surface area contributed by atoms with E-state index in [-0.39, 0.29) is 0 Å². The summed E-state index contributed by atoms with van der Waals surface area (Å²) in [4.78, 5) is 0. The van der Waals surface area contributed by atoms with Gasteiger partial charge >= 0.3 is 0 Å². The maximum absolute atomic E-state index is 5.99. The van der Waals surface area contributed by atoms with Gasteiger partial charge in [-0.3, -0.25) is 0 Å². The van der Waals surface area contributed by atoms with Crippen molar-refractivity contribution in [3.8, 4) is 0 Å². The fourth-order valence-electron chi connectivity index (χ4n) is 2.03. The third-order valence-corrected chi connectivity index (χ3v) is 2.97. The number of hydrogen-bond donors (Lipinski definition) is 2. The third kappa shape index (κ3) is 2.07. The molecule has 2 heteroatoms. The predicted molar refractivity (Wildman–Crippen MR) is 60.4 cm³/mol. The van der Waals surface area contributed by atoms with Gasteiger partial charge in [0, 0.05) is 17.8 Å². The molecule has 0 amide bonds. The summed E-state index contributed by atoms with van der Waals surface area (Å²) >= 11 is 0. The summed E-state index contributed by atoms with van der Waals surface area (Å²) in [6.45, 7) is 2.10. The standard InChI is InChI=1S/C12H18N2/c1-9-5-7-10(8-6-9)14-12-4-2-3-11(12)13/h5-8,11-12,14H,2-4,13H2,1H3/t11-,12+/m1/s1. The molecular weight excluding hydrogens is 172 g/mol. The zero-order chi connectivity index (χ0) is 9.97. The Balaban J connectivity index is 2.00. The van der Waals surface area contributed by atoms with E-state index in [1.807, 2.05) is 0 Å². The van der Waals surface area contributed by atoms with E-state index in [2.05, 4.69) is 36.5 Å². The Morgan fingerprint density at radius 1 is 1.21 bits per heavy atom. The maximum atomic E-state index is 5.99. The van der Waals surface area contributed by atoms with Crippen molar-refractivity contribution in [3.05, 3.63) is 29.8 Å². The highest BCUT2D eigenvalue weighted by Gasteiger charge is 2.23. The summed E-state index contributed by atoms with van der Waals surface area (Å²) in [6, 6.07) is 9.31. The summed E-state index contributed by atoms with van der Waals surface area (Å²) in [7, 11) is 0. The predicted octanol–water partition coefficient (Wildman–Crippen LogP) is 2.29. The summed E-state index contributed by atoms with van der Waals surface area (Å²) in [5, 5.41) is 3.49. The Bertz CT molecular complexity index is 292. The number of rotatable bonds is 2. The molecule has 0 heterocycles. The van der Waals surface area contributed by atoms with Crippen LogP contribution in [-0.2, 0) is 0 Å². The van der Waals surface area contributed by atoms with E-state index >= 15 is 0 Å². The van der Waals surface area contributed by atoms with Crippen LogP contribution in [0.3, 0.4) is 0 Å².